The molecule has 2 rings (SSSR count). The van der Waals surface area contributed by atoms with Gasteiger partial charge in [-0.2, -0.15) is 0 Å². The lowest BCUT2D eigenvalue weighted by Crippen LogP contribution is -2.21. The van der Waals surface area contributed by atoms with E-state index < -0.39 is 0 Å². The Morgan fingerprint density at radius 2 is 2.24 bits per heavy atom. The van der Waals surface area contributed by atoms with Crippen molar-refractivity contribution in [3.05, 3.63) is 30.4 Å². The molecule has 0 saturated carbocycles. The Labute approximate surface area is 101 Å². The fourth-order valence-electron chi connectivity index (χ4n) is 1.75. The monoisotopic (exact) mass is 234 g/mol. The van der Waals surface area contributed by atoms with Crippen molar-refractivity contribution in [3.63, 3.8) is 0 Å². The lowest BCUT2D eigenvalue weighted by atomic mass is 10.3. The number of nitrogens with zero attached hydrogens (tertiary/aromatic N) is 5. The van der Waals surface area contributed by atoms with Crippen LogP contribution in [0.25, 0.3) is 0 Å². The molecule has 0 atom stereocenters. The SMILES string of the molecule is CC(C)n1cnnc1CN(C)Cc1ncc[nH]1. The molecule has 1 N–H and O–H groups in total. The van der Waals surface area contributed by atoms with Crippen molar-refractivity contribution < 1.29 is 0 Å². The molecule has 0 fully saturated rings. The average molecular weight is 234 g/mol. The first-order valence-electron chi connectivity index (χ1n) is 5.72. The van der Waals surface area contributed by atoms with Gasteiger partial charge in [-0.1, -0.05) is 0 Å². The van der Waals surface area contributed by atoms with Crippen LogP contribution in [0.5, 0.6) is 0 Å². The summed E-state index contributed by atoms with van der Waals surface area (Å²) < 4.78 is 2.08. The second kappa shape index (κ2) is 5.09. The Hall–Kier alpha value is -1.69. The Bertz CT molecular complexity index is 444. The minimum Gasteiger partial charge on any atom is -0.348 e. The van der Waals surface area contributed by atoms with Gasteiger partial charge in [0, 0.05) is 18.4 Å². The second-order valence-corrected chi connectivity index (χ2v) is 4.46. The number of nitrogens with one attached hydrogen (secondary N) is 1. The smallest absolute Gasteiger partial charge is 0.147 e. The standard InChI is InChI=1S/C11H18N6/c1-9(2)17-8-14-15-11(17)7-16(3)6-10-12-4-5-13-10/h4-5,8-9H,6-7H2,1-3H3,(H,12,13). The van der Waals surface area contributed by atoms with Crippen LogP contribution in [0, 0.1) is 0 Å². The molecule has 0 aliphatic rings. The molecule has 17 heavy (non-hydrogen) atoms. The number of hydrogen-bond donors (Lipinski definition) is 1. The van der Waals surface area contributed by atoms with Gasteiger partial charge in [-0.25, -0.2) is 4.98 Å². The molecule has 92 valence electrons. The highest BCUT2D eigenvalue weighted by Crippen LogP contribution is 2.09. The molecular formula is C11H18N6. The molecule has 2 aromatic heterocycles. The molecule has 0 saturated heterocycles. The summed E-state index contributed by atoms with van der Waals surface area (Å²) in [6.07, 6.45) is 5.38. The highest BCUT2D eigenvalue weighted by atomic mass is 15.3. The van der Waals surface area contributed by atoms with Gasteiger partial charge in [-0.3, -0.25) is 4.90 Å². The molecule has 0 amide bonds. The van der Waals surface area contributed by atoms with Crippen molar-refractivity contribution in [1.29, 1.82) is 0 Å². The molecule has 0 aliphatic carbocycles. The summed E-state index contributed by atoms with van der Waals surface area (Å²) in [5.74, 6) is 1.94. The zero-order chi connectivity index (χ0) is 12.3. The molecule has 0 spiro atoms. The van der Waals surface area contributed by atoms with Crippen LogP contribution in [-0.4, -0.2) is 36.7 Å². The molecule has 2 aromatic rings. The average Bonchev–Trinajstić information content (AvgIpc) is 2.88. The van der Waals surface area contributed by atoms with Crippen LogP contribution < -0.4 is 0 Å². The summed E-state index contributed by atoms with van der Waals surface area (Å²) in [4.78, 5) is 9.45. The molecule has 6 nitrogen and oxygen atoms in total. The maximum Gasteiger partial charge on any atom is 0.147 e. The normalized spacial score (nSPS) is 11.6. The van der Waals surface area contributed by atoms with Crippen molar-refractivity contribution >= 4 is 0 Å². The van der Waals surface area contributed by atoms with E-state index in [1.54, 1.807) is 12.5 Å². The lowest BCUT2D eigenvalue weighted by Gasteiger charge is -2.16. The van der Waals surface area contributed by atoms with E-state index in [9.17, 15) is 0 Å². The maximum absolute atomic E-state index is 4.20. The van der Waals surface area contributed by atoms with Gasteiger partial charge in [-0.15, -0.1) is 10.2 Å². The van der Waals surface area contributed by atoms with Gasteiger partial charge in [0.25, 0.3) is 0 Å². The molecule has 0 aromatic carbocycles. The van der Waals surface area contributed by atoms with Crippen molar-refractivity contribution in [2.24, 2.45) is 0 Å². The van der Waals surface area contributed by atoms with E-state index >= 15 is 0 Å². The molecular weight excluding hydrogens is 216 g/mol. The quantitative estimate of drug-likeness (QED) is 0.844. The minimum atomic E-state index is 0.386. The third kappa shape index (κ3) is 2.91. The largest absolute Gasteiger partial charge is 0.348 e. The van der Waals surface area contributed by atoms with Crippen molar-refractivity contribution in [1.82, 2.24) is 29.6 Å². The molecule has 0 aliphatic heterocycles. The topological polar surface area (TPSA) is 62.6 Å². The Morgan fingerprint density at radius 1 is 1.41 bits per heavy atom. The summed E-state index contributed by atoms with van der Waals surface area (Å²) in [7, 11) is 2.04. The summed E-state index contributed by atoms with van der Waals surface area (Å²) in [5.41, 5.74) is 0. The number of aromatic amines is 1. The highest BCUT2D eigenvalue weighted by Gasteiger charge is 2.10. The fraction of sp³-hybridized carbons (Fsp3) is 0.545. The van der Waals surface area contributed by atoms with Gasteiger partial charge >= 0.3 is 0 Å². The maximum atomic E-state index is 4.20. The number of H-pyrrole nitrogens is 1. The first-order valence-corrected chi connectivity index (χ1v) is 5.72. The first kappa shape index (κ1) is 11.8. The minimum absolute atomic E-state index is 0.386. The van der Waals surface area contributed by atoms with Crippen molar-refractivity contribution in [2.45, 2.75) is 33.0 Å². The Kier molecular flexibility index (Phi) is 3.53. The van der Waals surface area contributed by atoms with Gasteiger partial charge in [0.1, 0.15) is 18.0 Å². The van der Waals surface area contributed by atoms with Crippen LogP contribution in [0.1, 0.15) is 31.5 Å². The van der Waals surface area contributed by atoms with E-state index in [-0.39, 0.29) is 0 Å². The van der Waals surface area contributed by atoms with Gasteiger partial charge < -0.3 is 9.55 Å². The number of rotatable bonds is 5. The predicted octanol–water partition coefficient (Wildman–Crippen LogP) is 1.21. The zero-order valence-electron chi connectivity index (χ0n) is 10.5. The molecule has 0 radical (unpaired) electrons. The predicted molar refractivity (Wildman–Crippen MR) is 64.2 cm³/mol. The van der Waals surface area contributed by atoms with Gasteiger partial charge in [0.15, 0.2) is 0 Å². The van der Waals surface area contributed by atoms with E-state index in [1.807, 2.05) is 13.2 Å². The third-order valence-corrected chi connectivity index (χ3v) is 2.59. The number of imidazole rings is 1. The van der Waals surface area contributed by atoms with Crippen LogP contribution in [-0.2, 0) is 13.1 Å². The van der Waals surface area contributed by atoms with Gasteiger partial charge in [0.2, 0.25) is 0 Å². The van der Waals surface area contributed by atoms with Gasteiger partial charge in [-0.05, 0) is 20.9 Å². The Morgan fingerprint density at radius 3 is 2.88 bits per heavy atom. The Balaban J connectivity index is 1.98. The van der Waals surface area contributed by atoms with Crippen LogP contribution in [0.3, 0.4) is 0 Å². The summed E-state index contributed by atoms with van der Waals surface area (Å²) in [6.45, 7) is 5.79. The van der Waals surface area contributed by atoms with Crippen molar-refractivity contribution in [2.75, 3.05) is 7.05 Å². The van der Waals surface area contributed by atoms with Crippen LogP contribution in [0.4, 0.5) is 0 Å². The molecule has 6 heteroatoms. The fourth-order valence-corrected chi connectivity index (χ4v) is 1.75. The molecule has 2 heterocycles. The first-order chi connectivity index (χ1) is 8.16. The highest BCUT2D eigenvalue weighted by molar-refractivity contribution is 4.90. The lowest BCUT2D eigenvalue weighted by molar-refractivity contribution is 0.295. The van der Waals surface area contributed by atoms with Crippen LogP contribution in [0.15, 0.2) is 18.7 Å². The van der Waals surface area contributed by atoms with E-state index in [0.29, 0.717) is 6.04 Å². The second-order valence-electron chi connectivity index (χ2n) is 4.46. The number of aromatic nitrogens is 5. The molecule has 0 unspecified atom stereocenters. The van der Waals surface area contributed by atoms with Crippen LogP contribution in [0.2, 0.25) is 0 Å². The third-order valence-electron chi connectivity index (χ3n) is 2.59. The zero-order valence-corrected chi connectivity index (χ0v) is 10.5. The van der Waals surface area contributed by atoms with E-state index in [2.05, 4.69) is 43.5 Å². The molecule has 0 bridgehead atoms. The van der Waals surface area contributed by atoms with E-state index in [0.717, 1.165) is 24.7 Å². The number of hydrogen-bond acceptors (Lipinski definition) is 4. The van der Waals surface area contributed by atoms with Crippen molar-refractivity contribution in [3.8, 4) is 0 Å². The summed E-state index contributed by atoms with van der Waals surface area (Å²) in [6, 6.07) is 0.386. The summed E-state index contributed by atoms with van der Waals surface area (Å²) >= 11 is 0. The van der Waals surface area contributed by atoms with Crippen LogP contribution >= 0.6 is 0 Å². The van der Waals surface area contributed by atoms with E-state index in [4.69, 9.17) is 0 Å². The van der Waals surface area contributed by atoms with Gasteiger partial charge in [0.05, 0.1) is 13.1 Å². The van der Waals surface area contributed by atoms with E-state index in [1.165, 1.54) is 0 Å². The summed E-state index contributed by atoms with van der Waals surface area (Å²) in [5, 5.41) is 8.10.